The summed E-state index contributed by atoms with van der Waals surface area (Å²) in [6, 6.07) is 18.7. The van der Waals surface area contributed by atoms with Gasteiger partial charge >= 0.3 is 0 Å². The van der Waals surface area contributed by atoms with Crippen LogP contribution in [-0.4, -0.2) is 4.99 Å². The van der Waals surface area contributed by atoms with Crippen molar-refractivity contribution in [2.45, 2.75) is 0 Å². The Labute approximate surface area is 164 Å². The predicted molar refractivity (Wildman–Crippen MR) is 107 cm³/mol. The van der Waals surface area contributed by atoms with Crippen molar-refractivity contribution in [3.63, 3.8) is 0 Å². The van der Waals surface area contributed by atoms with Gasteiger partial charge < -0.3 is 10.4 Å². The fourth-order valence-electron chi connectivity index (χ4n) is 2.40. The van der Waals surface area contributed by atoms with Crippen LogP contribution in [0.5, 0.6) is 0 Å². The molecule has 1 N–H and O–H groups in total. The number of hydrogen-bond donors (Lipinski definition) is 1. The van der Waals surface area contributed by atoms with Crippen LogP contribution in [-0.2, 0) is 0 Å². The monoisotopic (exact) mass is 428 g/mol. The minimum atomic E-state index is -0.444. The fourth-order valence-corrected chi connectivity index (χ4v) is 3.18. The molecular weight excluding hydrogens is 415 g/mol. The maximum atomic E-state index is 14.0. The molecule has 0 aliphatic rings. The Kier molecular flexibility index (Phi) is 5.75. The average Bonchev–Trinajstić information content (AvgIpc) is 2.65. The van der Waals surface area contributed by atoms with Crippen molar-refractivity contribution in [3.05, 3.63) is 95.0 Å². The third-order valence-corrected chi connectivity index (χ3v) is 4.63. The van der Waals surface area contributed by atoms with E-state index >= 15 is 0 Å². The molecule has 3 aromatic rings. The quantitative estimate of drug-likeness (QED) is 0.295. The molecule has 6 heteroatoms. The van der Waals surface area contributed by atoms with E-state index in [2.05, 4.69) is 21.2 Å². The van der Waals surface area contributed by atoms with E-state index in [1.807, 2.05) is 12.1 Å². The van der Waals surface area contributed by atoms with Crippen molar-refractivity contribution in [1.82, 2.24) is 0 Å². The second-order valence-electron chi connectivity index (χ2n) is 5.37. The number of anilines is 1. The molecule has 1 aromatic heterocycles. The molecule has 0 saturated carbocycles. The molecule has 2 aromatic carbocycles. The van der Waals surface area contributed by atoms with Gasteiger partial charge in [-0.25, -0.2) is 4.39 Å². The van der Waals surface area contributed by atoms with E-state index in [-0.39, 0.29) is 22.1 Å². The Morgan fingerprint density at radius 1 is 0.962 bits per heavy atom. The summed E-state index contributed by atoms with van der Waals surface area (Å²) in [6.45, 7) is 0. The third-order valence-electron chi connectivity index (χ3n) is 3.64. The summed E-state index contributed by atoms with van der Waals surface area (Å²) in [7, 11) is 0. The lowest BCUT2D eigenvalue weighted by Gasteiger charge is -2.18. The van der Waals surface area contributed by atoms with Gasteiger partial charge in [-0.05, 0) is 29.5 Å². The van der Waals surface area contributed by atoms with Crippen LogP contribution in [0.4, 0.5) is 10.1 Å². The molecule has 26 heavy (non-hydrogen) atoms. The first kappa shape index (κ1) is 18.2. The number of aromatic nitrogens is 1. The van der Waals surface area contributed by atoms with E-state index in [0.29, 0.717) is 10.0 Å². The predicted octanol–water partition coefficient (Wildman–Crippen LogP) is 4.00. The highest BCUT2D eigenvalue weighted by atomic mass is 79.9. The number of para-hydroxylation sites is 1. The molecule has 0 spiro atoms. The Morgan fingerprint density at radius 2 is 1.62 bits per heavy atom. The van der Waals surface area contributed by atoms with Crippen LogP contribution in [0.3, 0.4) is 0 Å². The number of pyridine rings is 1. The van der Waals surface area contributed by atoms with Gasteiger partial charge in [-0.3, -0.25) is 0 Å². The molecule has 0 saturated heterocycles. The molecule has 3 rings (SSSR count). The molecular formula is C20H14BrFN2OS. The van der Waals surface area contributed by atoms with Crippen molar-refractivity contribution < 1.29 is 14.1 Å². The van der Waals surface area contributed by atoms with Gasteiger partial charge in [-0.1, -0.05) is 64.5 Å². The van der Waals surface area contributed by atoms with Crippen LogP contribution in [0.25, 0.3) is 11.5 Å². The minimum absolute atomic E-state index is 0.132. The number of halogens is 2. The summed E-state index contributed by atoms with van der Waals surface area (Å²) < 4.78 is 16.3. The SMILES string of the molecule is [O-]/C(=C(/C(=S)Nc1ccccc1F)[n+]1ccccc1)c1ccccc1Br. The molecule has 0 unspecified atom stereocenters. The highest BCUT2D eigenvalue weighted by Gasteiger charge is 2.20. The van der Waals surface area contributed by atoms with Crippen LogP contribution in [0.2, 0.25) is 0 Å². The van der Waals surface area contributed by atoms with Gasteiger partial charge in [0, 0.05) is 16.6 Å². The third kappa shape index (κ3) is 3.98. The average molecular weight is 429 g/mol. The molecule has 0 aliphatic heterocycles. The zero-order valence-corrected chi connectivity index (χ0v) is 15.9. The number of thiocarbonyl (C=S) groups is 1. The summed E-state index contributed by atoms with van der Waals surface area (Å²) in [5.74, 6) is -0.719. The maximum absolute atomic E-state index is 14.0. The zero-order valence-electron chi connectivity index (χ0n) is 13.5. The minimum Gasteiger partial charge on any atom is -0.867 e. The second kappa shape index (κ2) is 8.21. The summed E-state index contributed by atoms with van der Waals surface area (Å²) in [5, 5.41) is 16.0. The molecule has 130 valence electrons. The molecule has 0 atom stereocenters. The Balaban J connectivity index is 2.10. The second-order valence-corrected chi connectivity index (χ2v) is 6.64. The molecule has 1 heterocycles. The van der Waals surface area contributed by atoms with Crippen LogP contribution >= 0.6 is 28.1 Å². The largest absolute Gasteiger partial charge is 0.867 e. The van der Waals surface area contributed by atoms with E-state index in [0.717, 1.165) is 0 Å². The van der Waals surface area contributed by atoms with Crippen molar-refractivity contribution in [1.29, 1.82) is 0 Å². The van der Waals surface area contributed by atoms with Crippen molar-refractivity contribution in [2.24, 2.45) is 0 Å². The first-order valence-electron chi connectivity index (χ1n) is 7.76. The van der Waals surface area contributed by atoms with E-state index in [1.54, 1.807) is 65.5 Å². The van der Waals surface area contributed by atoms with Crippen molar-refractivity contribution in [2.75, 3.05) is 5.32 Å². The van der Waals surface area contributed by atoms with Gasteiger partial charge in [0.2, 0.25) is 5.70 Å². The van der Waals surface area contributed by atoms with Gasteiger partial charge in [-0.15, -0.1) is 0 Å². The molecule has 0 aliphatic carbocycles. The Hall–Kier alpha value is -2.57. The molecule has 0 radical (unpaired) electrons. The first-order chi connectivity index (χ1) is 12.6. The molecule has 0 amide bonds. The maximum Gasteiger partial charge on any atom is 0.238 e. The van der Waals surface area contributed by atoms with Crippen LogP contribution in [0.1, 0.15) is 5.56 Å². The Bertz CT molecular complexity index is 976. The van der Waals surface area contributed by atoms with E-state index in [4.69, 9.17) is 12.2 Å². The van der Waals surface area contributed by atoms with Crippen LogP contribution in [0.15, 0.2) is 83.6 Å². The number of nitrogens with zero attached hydrogens (tertiary/aromatic N) is 1. The van der Waals surface area contributed by atoms with Crippen molar-refractivity contribution in [3.8, 4) is 0 Å². The summed E-state index contributed by atoms with van der Waals surface area (Å²) in [5.41, 5.74) is 0.916. The van der Waals surface area contributed by atoms with Gasteiger partial charge in [0.15, 0.2) is 17.4 Å². The topological polar surface area (TPSA) is 39.0 Å². The van der Waals surface area contributed by atoms with E-state index in [1.165, 1.54) is 6.07 Å². The normalized spacial score (nSPS) is 11.6. The number of nitrogens with one attached hydrogen (secondary N) is 1. The lowest BCUT2D eigenvalue weighted by Crippen LogP contribution is -2.39. The fraction of sp³-hybridized carbons (Fsp3) is 0. The van der Waals surface area contributed by atoms with Gasteiger partial charge in [0.25, 0.3) is 0 Å². The van der Waals surface area contributed by atoms with Gasteiger partial charge in [0.05, 0.1) is 5.69 Å². The highest BCUT2D eigenvalue weighted by Crippen LogP contribution is 2.24. The zero-order chi connectivity index (χ0) is 18.5. The molecule has 0 bridgehead atoms. The summed E-state index contributed by atoms with van der Waals surface area (Å²) >= 11 is 8.85. The van der Waals surface area contributed by atoms with Crippen LogP contribution < -0.4 is 15.0 Å². The lowest BCUT2D eigenvalue weighted by molar-refractivity contribution is -0.577. The number of hydrogen-bond acceptors (Lipinski definition) is 2. The van der Waals surface area contributed by atoms with E-state index in [9.17, 15) is 9.50 Å². The smallest absolute Gasteiger partial charge is 0.238 e. The van der Waals surface area contributed by atoms with Gasteiger partial charge in [-0.2, -0.15) is 4.57 Å². The molecule has 3 nitrogen and oxygen atoms in total. The number of rotatable bonds is 4. The van der Waals surface area contributed by atoms with Crippen LogP contribution in [0, 0.1) is 5.82 Å². The van der Waals surface area contributed by atoms with E-state index < -0.39 is 5.82 Å². The standard InChI is InChI=1S/C20H14BrFN2OS/c21-15-9-3-2-8-14(15)19(25)18(24-12-6-1-7-13-24)20(26)23-17-11-5-4-10-16(17)22/h1-13H,(H-,23,25,26). The first-order valence-corrected chi connectivity index (χ1v) is 8.97. The Morgan fingerprint density at radius 3 is 2.31 bits per heavy atom. The lowest BCUT2D eigenvalue weighted by atomic mass is 10.1. The summed E-state index contributed by atoms with van der Waals surface area (Å²) in [6.07, 6.45) is 3.44. The molecule has 0 fully saturated rings. The van der Waals surface area contributed by atoms with Crippen molar-refractivity contribution >= 4 is 50.3 Å². The summed E-state index contributed by atoms with van der Waals surface area (Å²) in [4.78, 5) is 0.132. The van der Waals surface area contributed by atoms with Gasteiger partial charge in [0.1, 0.15) is 5.82 Å². The number of benzene rings is 2. The highest BCUT2D eigenvalue weighted by molar-refractivity contribution is 9.10.